The van der Waals surface area contributed by atoms with Gasteiger partial charge in [0.15, 0.2) is 0 Å². The molecule has 0 unspecified atom stereocenters. The summed E-state index contributed by atoms with van der Waals surface area (Å²) in [7, 11) is 0. The first-order valence-electron chi connectivity index (χ1n) is 6.41. The van der Waals surface area contributed by atoms with Crippen molar-refractivity contribution in [2.45, 2.75) is 66.2 Å². The van der Waals surface area contributed by atoms with Crippen LogP contribution in [0, 0.1) is 13.8 Å². The van der Waals surface area contributed by atoms with Gasteiger partial charge in [-0.05, 0) is 0 Å². The number of rotatable bonds is 6. The van der Waals surface area contributed by atoms with Crippen LogP contribution in [-0.2, 0) is 25.3 Å². The third-order valence-electron chi connectivity index (χ3n) is 1.50. The Morgan fingerprint density at radius 3 is 0.941 bits per heavy atom. The Morgan fingerprint density at radius 1 is 0.647 bits per heavy atom. The molecule has 3 heteroatoms. The summed E-state index contributed by atoms with van der Waals surface area (Å²) >= 11 is 9.43. The second kappa shape index (κ2) is 52.8. The molecule has 0 nitrogen and oxygen atoms in total. The van der Waals surface area contributed by atoms with Crippen LogP contribution in [0.15, 0.2) is 0 Å². The fourth-order valence-electron chi connectivity index (χ4n) is 0.704. The van der Waals surface area contributed by atoms with Crippen molar-refractivity contribution in [3.63, 3.8) is 0 Å². The van der Waals surface area contributed by atoms with E-state index in [0.29, 0.717) is 0 Å². The van der Waals surface area contributed by atoms with Crippen LogP contribution in [0.5, 0.6) is 0 Å². The Balaban J connectivity index is -0.0000000417. The van der Waals surface area contributed by atoms with E-state index in [9.17, 15) is 0 Å². The average molecular weight is 383 g/mol. The van der Waals surface area contributed by atoms with Crippen molar-refractivity contribution >= 4 is 49.2 Å². The van der Waals surface area contributed by atoms with Crippen molar-refractivity contribution in [3.05, 3.63) is 13.8 Å². The molecule has 0 fully saturated rings. The molecule has 0 saturated carbocycles. The van der Waals surface area contributed by atoms with Crippen molar-refractivity contribution in [2.24, 2.45) is 0 Å². The monoisotopic (exact) mass is 384 g/mol. The summed E-state index contributed by atoms with van der Waals surface area (Å²) in [5, 5.41) is 0. The standard InChI is InChI=1S/2C5H12S.2C2H5.Sn/c2*1-2-3-4-5-6;2*1-2;/h2*6H,2-5H2,1H3;2*1H2,2H3;/q;;;;+2/p-2. The molecule has 0 aliphatic heterocycles. The van der Waals surface area contributed by atoms with Gasteiger partial charge in [0.25, 0.3) is 0 Å². The summed E-state index contributed by atoms with van der Waals surface area (Å²) in [5.41, 5.74) is 0. The summed E-state index contributed by atoms with van der Waals surface area (Å²) in [5.74, 6) is 1.88. The molecule has 0 aliphatic carbocycles. The Morgan fingerprint density at radius 2 is 0.882 bits per heavy atom. The van der Waals surface area contributed by atoms with Crippen LogP contribution in [0.2, 0.25) is 0 Å². The summed E-state index contributed by atoms with van der Waals surface area (Å²) in [4.78, 5) is 0. The quantitative estimate of drug-likeness (QED) is 0.369. The molecule has 0 saturated heterocycles. The molecule has 0 heterocycles. The van der Waals surface area contributed by atoms with E-state index in [1.165, 1.54) is 38.5 Å². The third-order valence-corrected chi connectivity index (χ3v) is 2.07. The van der Waals surface area contributed by atoms with E-state index < -0.39 is 0 Å². The Hall–Kier alpha value is 1.50. The Kier molecular flexibility index (Phi) is 96.5. The maximum atomic E-state index is 4.72. The van der Waals surface area contributed by atoms with Gasteiger partial charge in [-0.3, -0.25) is 0 Å². The molecule has 0 aromatic carbocycles. The molecule has 0 aromatic rings. The van der Waals surface area contributed by atoms with Crippen molar-refractivity contribution in [2.75, 3.05) is 11.5 Å². The van der Waals surface area contributed by atoms with Crippen LogP contribution >= 0.6 is 0 Å². The van der Waals surface area contributed by atoms with Crippen LogP contribution in [0.3, 0.4) is 0 Å². The van der Waals surface area contributed by atoms with Gasteiger partial charge in [-0.15, -0.1) is 0 Å². The molecule has 0 aromatic heterocycles. The molecule has 0 spiro atoms. The average Bonchev–Trinajstić information content (AvgIpc) is 2.39. The van der Waals surface area contributed by atoms with Gasteiger partial charge in [-0.25, -0.2) is 0 Å². The molecule has 0 bridgehead atoms. The number of hydrogen-bond donors (Lipinski definition) is 0. The second-order valence-electron chi connectivity index (χ2n) is 2.82. The topological polar surface area (TPSA) is 0 Å². The van der Waals surface area contributed by atoms with Crippen molar-refractivity contribution in [1.82, 2.24) is 0 Å². The van der Waals surface area contributed by atoms with Gasteiger partial charge in [-0.2, -0.15) is 11.5 Å². The van der Waals surface area contributed by atoms with Crippen molar-refractivity contribution in [3.8, 4) is 0 Å². The molecule has 0 N–H and O–H groups in total. The minimum absolute atomic E-state index is 0. The van der Waals surface area contributed by atoms with Gasteiger partial charge >= 0.3 is 23.9 Å². The van der Waals surface area contributed by atoms with E-state index in [4.69, 9.17) is 25.3 Å². The molecular formula is C14H32S2Sn. The largest absolute Gasteiger partial charge is 2.00 e. The van der Waals surface area contributed by atoms with Crippen LogP contribution in [0.1, 0.15) is 66.2 Å². The van der Waals surface area contributed by atoms with Gasteiger partial charge in [0.1, 0.15) is 0 Å². The number of hydrogen-bond acceptors (Lipinski definition) is 2. The maximum absolute atomic E-state index is 4.72. The first kappa shape index (κ1) is 31.1. The second-order valence-corrected chi connectivity index (χ2v) is 3.64. The molecule has 4 radical (unpaired) electrons. The molecule has 104 valence electrons. The van der Waals surface area contributed by atoms with E-state index in [-0.39, 0.29) is 23.9 Å². The van der Waals surface area contributed by atoms with Gasteiger partial charge in [0.05, 0.1) is 0 Å². The first-order chi connectivity index (χ1) is 7.83. The fourth-order valence-corrected chi connectivity index (χ4v) is 1.11. The normalized spacial score (nSPS) is 7.06. The van der Waals surface area contributed by atoms with E-state index in [0.717, 1.165) is 11.5 Å². The van der Waals surface area contributed by atoms with Crippen LogP contribution in [0.4, 0.5) is 0 Å². The van der Waals surface area contributed by atoms with Gasteiger partial charge in [-0.1, -0.05) is 80.1 Å². The van der Waals surface area contributed by atoms with E-state index >= 15 is 0 Å². The fraction of sp³-hybridized carbons (Fsp3) is 0.857. The van der Waals surface area contributed by atoms with Crippen LogP contribution < -0.4 is 0 Å². The van der Waals surface area contributed by atoms with Crippen molar-refractivity contribution < 1.29 is 0 Å². The van der Waals surface area contributed by atoms with E-state index in [1.807, 2.05) is 0 Å². The Bertz CT molecular complexity index is 46.2. The van der Waals surface area contributed by atoms with Crippen LogP contribution in [-0.4, -0.2) is 35.4 Å². The summed E-state index contributed by atoms with van der Waals surface area (Å²) in [6, 6.07) is 0. The van der Waals surface area contributed by atoms with Gasteiger partial charge in [0.2, 0.25) is 0 Å². The molecule has 17 heavy (non-hydrogen) atoms. The molecule has 0 rings (SSSR count). The molecule has 0 atom stereocenters. The number of unbranched alkanes of at least 4 members (excludes halogenated alkanes) is 4. The SMILES string of the molecule is CCCCC[S-].CCCCC[S-].[CH2]C.[CH2]C.[Sn+2]. The van der Waals surface area contributed by atoms with Crippen molar-refractivity contribution in [1.29, 1.82) is 0 Å². The van der Waals surface area contributed by atoms with Crippen LogP contribution in [0.25, 0.3) is 0 Å². The summed E-state index contributed by atoms with van der Waals surface area (Å²) < 4.78 is 0. The van der Waals surface area contributed by atoms with E-state index in [1.54, 1.807) is 13.8 Å². The summed E-state index contributed by atoms with van der Waals surface area (Å²) in [6.45, 7) is 14.4. The van der Waals surface area contributed by atoms with E-state index in [2.05, 4.69) is 27.7 Å². The minimum atomic E-state index is 0. The molecular weight excluding hydrogens is 351 g/mol. The zero-order chi connectivity index (χ0) is 13.7. The molecule has 0 aliphatic rings. The zero-order valence-electron chi connectivity index (χ0n) is 12.4. The van der Waals surface area contributed by atoms with Gasteiger partial charge < -0.3 is 25.3 Å². The summed E-state index contributed by atoms with van der Waals surface area (Å²) in [6.07, 6.45) is 7.65. The third kappa shape index (κ3) is 74.8. The molecule has 0 amide bonds. The van der Waals surface area contributed by atoms with Gasteiger partial charge in [0, 0.05) is 0 Å². The Labute approximate surface area is 140 Å². The predicted molar refractivity (Wildman–Crippen MR) is 91.3 cm³/mol. The predicted octanol–water partition coefficient (Wildman–Crippen LogP) is 4.75. The maximum Gasteiger partial charge on any atom is 2.00 e. The first-order valence-corrected chi connectivity index (χ1v) is 7.56. The minimum Gasteiger partial charge on any atom is -0.793 e. The zero-order valence-corrected chi connectivity index (χ0v) is 16.9. The smallest absolute Gasteiger partial charge is 0.793 e.